The van der Waals surface area contributed by atoms with E-state index < -0.39 is 17.6 Å². The van der Waals surface area contributed by atoms with Crippen molar-refractivity contribution in [2.45, 2.75) is 25.1 Å². The Kier molecular flexibility index (Phi) is 4.41. The summed E-state index contributed by atoms with van der Waals surface area (Å²) in [6.45, 7) is 1.75. The summed E-state index contributed by atoms with van der Waals surface area (Å²) in [4.78, 5) is 2.17. The third kappa shape index (κ3) is 3.87. The van der Waals surface area contributed by atoms with E-state index in [4.69, 9.17) is 15.9 Å². The van der Waals surface area contributed by atoms with Crippen LogP contribution in [0.15, 0.2) is 18.2 Å². The summed E-state index contributed by atoms with van der Waals surface area (Å²) in [5, 5.41) is 7.45. The smallest absolute Gasteiger partial charge is 0.416 e. The van der Waals surface area contributed by atoms with Gasteiger partial charge in [0.15, 0.2) is 0 Å². The first kappa shape index (κ1) is 15.6. The summed E-state index contributed by atoms with van der Waals surface area (Å²) in [6, 6.07) is 3.07. The van der Waals surface area contributed by atoms with Gasteiger partial charge >= 0.3 is 6.18 Å². The van der Waals surface area contributed by atoms with E-state index in [9.17, 15) is 13.2 Å². The molecule has 0 spiro atoms. The highest BCUT2D eigenvalue weighted by Gasteiger charge is 2.31. The van der Waals surface area contributed by atoms with Crippen LogP contribution >= 0.6 is 0 Å². The van der Waals surface area contributed by atoms with Crippen LogP contribution in [-0.2, 0) is 6.18 Å². The number of amidine groups is 1. The third-order valence-corrected chi connectivity index (χ3v) is 3.56. The number of likely N-dealkylation sites (tertiary alicyclic amines) is 1. The number of alkyl halides is 3. The standard InChI is InChI=1S/C14H18F3N3O/c1-20-6-4-10(5-7-20)21-12-3-2-9(14(15,16)17)8-11(12)13(18)19/h2-3,8,10H,4-7H2,1H3,(H3,18,19). The fraction of sp³-hybridized carbons (Fsp3) is 0.500. The van der Waals surface area contributed by atoms with Crippen LogP contribution in [0.5, 0.6) is 5.75 Å². The second-order valence-electron chi connectivity index (χ2n) is 5.24. The number of nitrogens with two attached hydrogens (primary N) is 1. The number of rotatable bonds is 3. The van der Waals surface area contributed by atoms with Gasteiger partial charge in [0, 0.05) is 13.1 Å². The molecule has 1 aromatic carbocycles. The van der Waals surface area contributed by atoms with Gasteiger partial charge in [-0.25, -0.2) is 0 Å². The zero-order chi connectivity index (χ0) is 15.6. The predicted octanol–water partition coefficient (Wildman–Crippen LogP) is 2.46. The number of nitrogen functional groups attached to an aromatic ring is 1. The SMILES string of the molecule is CN1CCC(Oc2ccc(C(F)(F)F)cc2C(=N)N)CC1. The molecular weight excluding hydrogens is 283 g/mol. The number of nitrogens with zero attached hydrogens (tertiary/aromatic N) is 1. The molecule has 0 aliphatic carbocycles. The molecule has 0 unspecified atom stereocenters. The minimum absolute atomic E-state index is 0.0104. The first-order valence-electron chi connectivity index (χ1n) is 6.68. The van der Waals surface area contributed by atoms with Gasteiger partial charge in [-0.05, 0) is 38.1 Å². The van der Waals surface area contributed by atoms with E-state index in [2.05, 4.69) is 4.90 Å². The molecule has 0 bridgehead atoms. The molecule has 4 nitrogen and oxygen atoms in total. The largest absolute Gasteiger partial charge is 0.490 e. The van der Waals surface area contributed by atoms with Gasteiger partial charge in [-0.15, -0.1) is 0 Å². The first-order valence-corrected chi connectivity index (χ1v) is 6.68. The van der Waals surface area contributed by atoms with Gasteiger partial charge < -0.3 is 15.4 Å². The average molecular weight is 301 g/mol. The molecule has 116 valence electrons. The Balaban J connectivity index is 2.21. The van der Waals surface area contributed by atoms with Crippen molar-refractivity contribution >= 4 is 5.84 Å². The second kappa shape index (κ2) is 5.93. The van der Waals surface area contributed by atoms with E-state index in [1.54, 1.807) is 0 Å². The van der Waals surface area contributed by atoms with E-state index >= 15 is 0 Å². The maximum absolute atomic E-state index is 12.7. The Hall–Kier alpha value is -1.76. The minimum atomic E-state index is -4.46. The number of ether oxygens (including phenoxy) is 1. The summed E-state index contributed by atoms with van der Waals surface area (Å²) in [7, 11) is 2.01. The molecule has 1 saturated heterocycles. The van der Waals surface area contributed by atoms with E-state index in [0.717, 1.165) is 38.1 Å². The zero-order valence-electron chi connectivity index (χ0n) is 11.7. The number of halogens is 3. The van der Waals surface area contributed by atoms with Gasteiger partial charge in [0.1, 0.15) is 17.7 Å². The molecule has 7 heteroatoms. The summed E-state index contributed by atoms with van der Waals surface area (Å²) >= 11 is 0. The Morgan fingerprint density at radius 1 is 1.33 bits per heavy atom. The molecule has 2 rings (SSSR count). The lowest BCUT2D eigenvalue weighted by molar-refractivity contribution is -0.137. The van der Waals surface area contributed by atoms with Crippen molar-refractivity contribution in [3.8, 4) is 5.75 Å². The van der Waals surface area contributed by atoms with Crippen LogP contribution in [0, 0.1) is 5.41 Å². The second-order valence-corrected chi connectivity index (χ2v) is 5.24. The Labute approximate surface area is 121 Å². The van der Waals surface area contributed by atoms with Crippen LogP contribution in [0.2, 0.25) is 0 Å². The maximum Gasteiger partial charge on any atom is 0.416 e. The minimum Gasteiger partial charge on any atom is -0.490 e. The molecule has 1 fully saturated rings. The molecule has 21 heavy (non-hydrogen) atoms. The Bertz CT molecular complexity index is 523. The van der Waals surface area contributed by atoms with Crippen molar-refractivity contribution in [3.63, 3.8) is 0 Å². The normalized spacial score (nSPS) is 17.7. The molecule has 1 aliphatic rings. The van der Waals surface area contributed by atoms with Gasteiger partial charge in [-0.3, -0.25) is 5.41 Å². The van der Waals surface area contributed by atoms with E-state index in [-0.39, 0.29) is 17.4 Å². The van der Waals surface area contributed by atoms with Crippen molar-refractivity contribution < 1.29 is 17.9 Å². The number of benzene rings is 1. The van der Waals surface area contributed by atoms with E-state index in [1.165, 1.54) is 6.07 Å². The van der Waals surface area contributed by atoms with Gasteiger partial charge in [-0.2, -0.15) is 13.2 Å². The van der Waals surface area contributed by atoms with Gasteiger partial charge in [-0.1, -0.05) is 0 Å². The number of hydrogen-bond acceptors (Lipinski definition) is 3. The van der Waals surface area contributed by atoms with Crippen LogP contribution in [-0.4, -0.2) is 37.0 Å². The van der Waals surface area contributed by atoms with Crippen LogP contribution in [0.1, 0.15) is 24.0 Å². The molecule has 0 aromatic heterocycles. The highest BCUT2D eigenvalue weighted by molar-refractivity contribution is 5.97. The number of piperidine rings is 1. The van der Waals surface area contributed by atoms with Crippen molar-refractivity contribution in [1.82, 2.24) is 4.90 Å². The van der Waals surface area contributed by atoms with Crippen molar-refractivity contribution in [3.05, 3.63) is 29.3 Å². The molecule has 1 aromatic rings. The fourth-order valence-electron chi connectivity index (χ4n) is 2.30. The molecule has 3 N–H and O–H groups in total. The van der Waals surface area contributed by atoms with E-state index in [0.29, 0.717) is 0 Å². The molecule has 0 saturated carbocycles. The quantitative estimate of drug-likeness (QED) is 0.666. The topological polar surface area (TPSA) is 62.3 Å². The number of nitrogens with one attached hydrogen (secondary N) is 1. The maximum atomic E-state index is 12.7. The van der Waals surface area contributed by atoms with Crippen LogP contribution in [0.4, 0.5) is 13.2 Å². The van der Waals surface area contributed by atoms with Crippen molar-refractivity contribution in [1.29, 1.82) is 5.41 Å². The lowest BCUT2D eigenvalue weighted by Crippen LogP contribution is -2.36. The van der Waals surface area contributed by atoms with Crippen molar-refractivity contribution in [2.24, 2.45) is 5.73 Å². The molecular formula is C14H18F3N3O. The highest BCUT2D eigenvalue weighted by Crippen LogP contribution is 2.33. The summed E-state index contributed by atoms with van der Waals surface area (Å²) in [5.74, 6) is -0.186. The Morgan fingerprint density at radius 3 is 2.48 bits per heavy atom. The summed E-state index contributed by atoms with van der Waals surface area (Å²) in [5.41, 5.74) is 4.54. The van der Waals surface area contributed by atoms with Gasteiger partial charge in [0.2, 0.25) is 0 Å². The molecule has 0 amide bonds. The fourth-order valence-corrected chi connectivity index (χ4v) is 2.30. The summed E-state index contributed by atoms with van der Waals surface area (Å²) in [6.07, 6.45) is -2.92. The monoisotopic (exact) mass is 301 g/mol. The van der Waals surface area contributed by atoms with Crippen LogP contribution < -0.4 is 10.5 Å². The molecule has 0 atom stereocenters. The Morgan fingerprint density at radius 2 is 1.95 bits per heavy atom. The average Bonchev–Trinajstić information content (AvgIpc) is 2.40. The van der Waals surface area contributed by atoms with Crippen LogP contribution in [0.25, 0.3) is 0 Å². The number of hydrogen-bond donors (Lipinski definition) is 2. The molecule has 1 heterocycles. The van der Waals surface area contributed by atoms with Crippen molar-refractivity contribution in [2.75, 3.05) is 20.1 Å². The van der Waals surface area contributed by atoms with Crippen LogP contribution in [0.3, 0.4) is 0 Å². The summed E-state index contributed by atoms with van der Waals surface area (Å²) < 4.78 is 43.9. The third-order valence-electron chi connectivity index (χ3n) is 3.56. The zero-order valence-corrected chi connectivity index (χ0v) is 11.7. The molecule has 0 radical (unpaired) electrons. The first-order chi connectivity index (χ1) is 9.77. The predicted molar refractivity (Wildman–Crippen MR) is 73.6 cm³/mol. The van der Waals surface area contributed by atoms with Gasteiger partial charge in [0.05, 0.1) is 11.1 Å². The molecule has 1 aliphatic heterocycles. The lowest BCUT2D eigenvalue weighted by atomic mass is 10.1. The van der Waals surface area contributed by atoms with Gasteiger partial charge in [0.25, 0.3) is 0 Å². The lowest BCUT2D eigenvalue weighted by Gasteiger charge is -2.30. The van der Waals surface area contributed by atoms with E-state index in [1.807, 2.05) is 7.05 Å². The highest BCUT2D eigenvalue weighted by atomic mass is 19.4.